The standard InChI is InChI=1S/C29H35N3O9/c1-11-13-9-7-12(8-10-14(33)31-28(2,3)4)21(34)16(13)22(35)17-15(11)23(36)19-20(32(5)6)24(37)18(27(30)40)26(39)29(19,41)25(17)38/h7-11,15,19-20,23,34,36-38,41H,1-6H3,(H2,30,40)(H,31,33)/b10-8-/t11-,15+,19+,20-,23-,29-/m0/s1. The van der Waals surface area contributed by atoms with Gasteiger partial charge in [0.2, 0.25) is 11.7 Å². The van der Waals surface area contributed by atoms with Crippen LogP contribution in [-0.2, 0) is 14.4 Å². The second-order valence-electron chi connectivity index (χ2n) is 12.1. The van der Waals surface area contributed by atoms with Crippen LogP contribution in [0.2, 0.25) is 0 Å². The van der Waals surface area contributed by atoms with E-state index in [1.165, 1.54) is 37.2 Å². The number of aliphatic hydroxyl groups excluding tert-OH is 3. The molecule has 8 N–H and O–H groups in total. The van der Waals surface area contributed by atoms with Crippen molar-refractivity contribution >= 4 is 29.5 Å². The highest BCUT2D eigenvalue weighted by molar-refractivity contribution is 6.25. The summed E-state index contributed by atoms with van der Waals surface area (Å²) in [4.78, 5) is 53.1. The van der Waals surface area contributed by atoms with Gasteiger partial charge in [0, 0.05) is 28.7 Å². The molecule has 0 aromatic heterocycles. The lowest BCUT2D eigenvalue weighted by atomic mass is 9.55. The number of hydrogen-bond donors (Lipinski definition) is 7. The Morgan fingerprint density at radius 2 is 1.73 bits per heavy atom. The van der Waals surface area contributed by atoms with E-state index in [9.17, 15) is 44.7 Å². The number of nitrogens with zero attached hydrogens (tertiary/aromatic N) is 1. The fourth-order valence-corrected chi connectivity index (χ4v) is 6.35. The molecule has 0 fully saturated rings. The van der Waals surface area contributed by atoms with Crippen molar-refractivity contribution in [2.24, 2.45) is 17.6 Å². The van der Waals surface area contributed by atoms with Crippen LogP contribution in [0, 0.1) is 11.8 Å². The zero-order valence-electron chi connectivity index (χ0n) is 23.6. The third kappa shape index (κ3) is 4.42. The lowest BCUT2D eigenvalue weighted by molar-refractivity contribution is -0.162. The van der Waals surface area contributed by atoms with Gasteiger partial charge >= 0.3 is 0 Å². The number of aromatic hydroxyl groups is 1. The minimum absolute atomic E-state index is 0.116. The van der Waals surface area contributed by atoms with E-state index in [1.807, 2.05) is 0 Å². The van der Waals surface area contributed by atoms with Gasteiger partial charge in [-0.3, -0.25) is 24.1 Å². The highest BCUT2D eigenvalue weighted by Gasteiger charge is 2.67. The van der Waals surface area contributed by atoms with Crippen LogP contribution in [0.3, 0.4) is 0 Å². The Labute approximate surface area is 236 Å². The van der Waals surface area contributed by atoms with E-state index in [1.54, 1.807) is 33.8 Å². The number of amides is 2. The summed E-state index contributed by atoms with van der Waals surface area (Å²) in [5.74, 6) is -10.0. The van der Waals surface area contributed by atoms with Crippen molar-refractivity contribution in [3.05, 3.63) is 57.6 Å². The molecule has 3 aliphatic carbocycles. The summed E-state index contributed by atoms with van der Waals surface area (Å²) in [5.41, 5.74) is 0.591. The smallest absolute Gasteiger partial charge is 0.255 e. The van der Waals surface area contributed by atoms with Crippen molar-refractivity contribution in [3.63, 3.8) is 0 Å². The number of ketones is 2. The average molecular weight is 570 g/mol. The number of nitrogens with two attached hydrogens (primary N) is 1. The normalized spacial score (nSPS) is 29.9. The molecule has 220 valence electrons. The number of aliphatic hydroxyl groups is 4. The minimum atomic E-state index is -2.98. The molecule has 0 heterocycles. The maximum Gasteiger partial charge on any atom is 0.255 e. The Bertz CT molecular complexity index is 1470. The topological polar surface area (TPSA) is 211 Å². The first kappa shape index (κ1) is 30.0. The molecule has 0 saturated carbocycles. The highest BCUT2D eigenvalue weighted by atomic mass is 16.4. The summed E-state index contributed by atoms with van der Waals surface area (Å²) in [7, 11) is 2.94. The molecule has 0 bridgehead atoms. The van der Waals surface area contributed by atoms with E-state index in [4.69, 9.17) is 5.73 Å². The van der Waals surface area contributed by atoms with Crippen molar-refractivity contribution in [1.29, 1.82) is 0 Å². The quantitative estimate of drug-likeness (QED) is 0.198. The molecule has 6 atom stereocenters. The molecular formula is C29H35N3O9. The van der Waals surface area contributed by atoms with Crippen LogP contribution in [0.15, 0.2) is 40.9 Å². The van der Waals surface area contributed by atoms with Crippen molar-refractivity contribution in [2.75, 3.05) is 14.1 Å². The third-order valence-electron chi connectivity index (χ3n) is 8.07. The van der Waals surface area contributed by atoms with E-state index >= 15 is 0 Å². The number of fused-ring (bicyclic) bond motifs is 3. The van der Waals surface area contributed by atoms with Crippen LogP contribution in [0.5, 0.6) is 5.75 Å². The summed E-state index contributed by atoms with van der Waals surface area (Å²) in [5, 5.41) is 59.5. The van der Waals surface area contributed by atoms with E-state index < -0.39 is 92.8 Å². The summed E-state index contributed by atoms with van der Waals surface area (Å²) in [6.45, 7) is 7.03. The first-order valence-electron chi connectivity index (χ1n) is 13.0. The van der Waals surface area contributed by atoms with Gasteiger partial charge in [0.15, 0.2) is 11.4 Å². The summed E-state index contributed by atoms with van der Waals surface area (Å²) in [6.07, 6.45) is 0.828. The molecule has 12 nitrogen and oxygen atoms in total. The lowest BCUT2D eigenvalue weighted by Gasteiger charge is -2.53. The zero-order valence-corrected chi connectivity index (χ0v) is 23.6. The van der Waals surface area contributed by atoms with Crippen molar-refractivity contribution in [2.45, 2.75) is 56.9 Å². The fraction of sp³-hybridized carbons (Fsp3) is 0.448. The Morgan fingerprint density at radius 3 is 2.27 bits per heavy atom. The molecule has 0 spiro atoms. The predicted molar refractivity (Wildman–Crippen MR) is 147 cm³/mol. The van der Waals surface area contributed by atoms with Gasteiger partial charge in [0.05, 0.1) is 23.6 Å². The molecule has 0 saturated heterocycles. The van der Waals surface area contributed by atoms with E-state index in [0.717, 1.165) is 0 Å². The summed E-state index contributed by atoms with van der Waals surface area (Å²) < 4.78 is 0. The second-order valence-corrected chi connectivity index (χ2v) is 12.1. The van der Waals surface area contributed by atoms with Gasteiger partial charge in [0.1, 0.15) is 22.8 Å². The number of hydrogen-bond acceptors (Lipinski definition) is 10. The predicted octanol–water partition coefficient (Wildman–Crippen LogP) is 0.580. The third-order valence-corrected chi connectivity index (χ3v) is 8.07. The molecule has 1 aromatic rings. The molecule has 12 heteroatoms. The largest absolute Gasteiger partial charge is 0.510 e. The molecule has 2 amide bonds. The highest BCUT2D eigenvalue weighted by Crippen LogP contribution is 2.55. The van der Waals surface area contributed by atoms with Crippen LogP contribution in [-0.4, -0.2) is 91.2 Å². The number of rotatable bonds is 4. The maximum atomic E-state index is 13.9. The van der Waals surface area contributed by atoms with Crippen molar-refractivity contribution < 1.29 is 44.7 Å². The molecule has 1 aromatic carbocycles. The Hall–Kier alpha value is -4.00. The maximum absolute atomic E-state index is 13.9. The molecule has 0 radical (unpaired) electrons. The number of carbonyl (C=O) groups is 4. The lowest BCUT2D eigenvalue weighted by Crippen LogP contribution is -2.68. The Morgan fingerprint density at radius 1 is 1.12 bits per heavy atom. The van der Waals surface area contributed by atoms with Crippen LogP contribution < -0.4 is 11.1 Å². The van der Waals surface area contributed by atoms with Crippen LogP contribution in [0.4, 0.5) is 0 Å². The molecule has 3 aliphatic rings. The number of Topliss-reactive ketones (excluding diaryl/α,β-unsaturated/α-hetero) is 2. The van der Waals surface area contributed by atoms with Gasteiger partial charge in [-0.05, 0) is 52.4 Å². The summed E-state index contributed by atoms with van der Waals surface area (Å²) in [6, 6.07) is 1.72. The average Bonchev–Trinajstić information content (AvgIpc) is 2.84. The summed E-state index contributed by atoms with van der Waals surface area (Å²) >= 11 is 0. The van der Waals surface area contributed by atoms with Crippen LogP contribution in [0.25, 0.3) is 6.08 Å². The minimum Gasteiger partial charge on any atom is -0.510 e. The number of carbonyl (C=O) groups excluding carboxylic acids is 4. The van der Waals surface area contributed by atoms with Gasteiger partial charge in [-0.1, -0.05) is 19.1 Å². The molecule has 0 aliphatic heterocycles. The van der Waals surface area contributed by atoms with E-state index in [0.29, 0.717) is 5.56 Å². The first-order chi connectivity index (χ1) is 18.9. The molecule has 0 unspecified atom stereocenters. The molecule has 41 heavy (non-hydrogen) atoms. The zero-order chi connectivity index (χ0) is 30.9. The van der Waals surface area contributed by atoms with Gasteiger partial charge in [-0.15, -0.1) is 0 Å². The van der Waals surface area contributed by atoms with Crippen molar-refractivity contribution in [1.82, 2.24) is 10.2 Å². The number of phenolic OH excluding ortho intramolecular Hbond substituents is 1. The second kappa shape index (κ2) is 9.82. The number of primary amides is 1. The van der Waals surface area contributed by atoms with E-state index in [2.05, 4.69) is 5.32 Å². The molecule has 4 rings (SSSR count). The fourth-order valence-electron chi connectivity index (χ4n) is 6.35. The number of benzene rings is 1. The van der Waals surface area contributed by atoms with Crippen LogP contribution >= 0.6 is 0 Å². The van der Waals surface area contributed by atoms with Crippen LogP contribution in [0.1, 0.15) is 55.1 Å². The Kier molecular flexibility index (Phi) is 7.18. The first-order valence-corrected chi connectivity index (χ1v) is 13.0. The van der Waals surface area contributed by atoms with Gasteiger partial charge in [-0.2, -0.15) is 0 Å². The SMILES string of the molecule is C[C@H]1c2ccc(/C=C\C(=O)NC(C)(C)C)c(O)c2C(=O)C2=C(O)[C@]3(O)C(=O)C(C(N)=O)=C(O)[C@@H](N(C)C)[C@@H]3[C@@H](O)[C@@H]21. The van der Waals surface area contributed by atoms with Gasteiger partial charge < -0.3 is 36.6 Å². The number of phenols is 1. The molecular weight excluding hydrogens is 534 g/mol. The van der Waals surface area contributed by atoms with E-state index in [-0.39, 0.29) is 11.1 Å². The monoisotopic (exact) mass is 569 g/mol. The van der Waals surface area contributed by atoms with Crippen molar-refractivity contribution in [3.8, 4) is 5.75 Å². The number of nitrogens with one attached hydrogen (secondary N) is 1. The number of likely N-dealkylation sites (N-methyl/N-ethyl adjacent to an activating group) is 1. The van der Waals surface area contributed by atoms with Gasteiger partial charge in [0.25, 0.3) is 5.91 Å². The van der Waals surface area contributed by atoms with Gasteiger partial charge in [-0.25, -0.2) is 0 Å². The Balaban J connectivity index is 1.91.